The first-order chi connectivity index (χ1) is 7.06. The molecule has 0 spiro atoms. The number of carbonyl (C=O) groups excluding carboxylic acids is 1. The molecule has 0 rings (SSSR count). The van der Waals surface area contributed by atoms with E-state index >= 15 is 0 Å². The number of alkyl halides is 1. The molecule has 2 unspecified atom stereocenters. The van der Waals surface area contributed by atoms with Gasteiger partial charge >= 0.3 is 5.97 Å². The predicted octanol–water partition coefficient (Wildman–Crippen LogP) is -0.781. The molecule has 3 N–H and O–H groups in total. The maximum atomic E-state index is 13.3. The molecule has 0 aromatic carbocycles. The number of aliphatic hydroxyl groups excluding tert-OH is 2. The first-order valence-electron chi connectivity index (χ1n) is 4.85. The van der Waals surface area contributed by atoms with Crippen molar-refractivity contribution >= 4 is 5.97 Å². The summed E-state index contributed by atoms with van der Waals surface area (Å²) < 4.78 is 17.8. The Morgan fingerprint density at radius 3 is 2.40 bits per heavy atom. The average molecular weight is 223 g/mol. The van der Waals surface area contributed by atoms with Gasteiger partial charge in [0.15, 0.2) is 0 Å². The van der Waals surface area contributed by atoms with Gasteiger partial charge in [-0.2, -0.15) is 0 Å². The zero-order valence-corrected chi connectivity index (χ0v) is 8.94. The molecule has 0 amide bonds. The molecule has 0 bridgehead atoms. The van der Waals surface area contributed by atoms with Crippen molar-refractivity contribution in [1.29, 1.82) is 0 Å². The van der Waals surface area contributed by atoms with Crippen LogP contribution in [0.4, 0.5) is 4.39 Å². The first kappa shape index (κ1) is 14.3. The van der Waals surface area contributed by atoms with Crippen molar-refractivity contribution < 1.29 is 24.1 Å². The smallest absolute Gasteiger partial charge is 0.342 e. The highest BCUT2D eigenvalue weighted by atomic mass is 19.1. The van der Waals surface area contributed by atoms with Crippen molar-refractivity contribution in [2.24, 2.45) is 0 Å². The van der Waals surface area contributed by atoms with Gasteiger partial charge in [-0.3, -0.25) is 0 Å². The highest BCUT2D eigenvalue weighted by molar-refractivity contribution is 5.75. The van der Waals surface area contributed by atoms with Crippen LogP contribution in [-0.4, -0.2) is 54.3 Å². The molecule has 5 nitrogen and oxygen atoms in total. The molecule has 0 fully saturated rings. The van der Waals surface area contributed by atoms with E-state index in [1.165, 1.54) is 6.92 Å². The Kier molecular flexibility index (Phi) is 7.19. The Morgan fingerprint density at radius 2 is 2.00 bits per heavy atom. The lowest BCUT2D eigenvalue weighted by Gasteiger charge is -2.21. The number of hydrogen-bond donors (Lipinski definition) is 3. The molecule has 0 radical (unpaired) electrons. The van der Waals surface area contributed by atoms with Gasteiger partial charge in [-0.1, -0.05) is 0 Å². The van der Waals surface area contributed by atoms with Gasteiger partial charge in [0.2, 0.25) is 6.17 Å². The van der Waals surface area contributed by atoms with Crippen molar-refractivity contribution in [3.8, 4) is 0 Å². The highest BCUT2D eigenvalue weighted by Crippen LogP contribution is 2.02. The van der Waals surface area contributed by atoms with Crippen LogP contribution in [0.3, 0.4) is 0 Å². The van der Waals surface area contributed by atoms with Crippen LogP contribution in [0.25, 0.3) is 0 Å². The number of esters is 1. The third-order valence-electron chi connectivity index (χ3n) is 1.89. The van der Waals surface area contributed by atoms with Crippen LogP contribution in [0.5, 0.6) is 0 Å². The topological polar surface area (TPSA) is 78.8 Å². The van der Waals surface area contributed by atoms with Crippen LogP contribution in [-0.2, 0) is 9.53 Å². The minimum atomic E-state index is -1.80. The van der Waals surface area contributed by atoms with Crippen LogP contribution >= 0.6 is 0 Å². The van der Waals surface area contributed by atoms with Gasteiger partial charge in [0.1, 0.15) is 0 Å². The van der Waals surface area contributed by atoms with Crippen LogP contribution in [0.15, 0.2) is 0 Å². The summed E-state index contributed by atoms with van der Waals surface area (Å²) in [5.41, 5.74) is 0. The fourth-order valence-electron chi connectivity index (χ4n) is 1.05. The Labute approximate surface area is 88.2 Å². The van der Waals surface area contributed by atoms with Crippen LogP contribution in [0.1, 0.15) is 13.8 Å². The Bertz CT molecular complexity index is 187. The van der Waals surface area contributed by atoms with E-state index in [1.807, 2.05) is 0 Å². The van der Waals surface area contributed by atoms with Gasteiger partial charge in [0, 0.05) is 6.04 Å². The second-order valence-corrected chi connectivity index (χ2v) is 3.17. The molecule has 0 aliphatic heterocycles. The molecule has 0 heterocycles. The molecular weight excluding hydrogens is 205 g/mol. The van der Waals surface area contributed by atoms with E-state index in [9.17, 15) is 9.18 Å². The number of halogens is 1. The molecule has 0 saturated carbocycles. The quantitative estimate of drug-likeness (QED) is 0.493. The third kappa shape index (κ3) is 5.06. The van der Waals surface area contributed by atoms with Crippen molar-refractivity contribution in [1.82, 2.24) is 5.32 Å². The summed E-state index contributed by atoms with van der Waals surface area (Å²) in [6, 6.07) is -1.44. The lowest BCUT2D eigenvalue weighted by atomic mass is 10.2. The van der Waals surface area contributed by atoms with Crippen molar-refractivity contribution in [3.05, 3.63) is 0 Å². The largest absolute Gasteiger partial charge is 0.464 e. The summed E-state index contributed by atoms with van der Waals surface area (Å²) in [7, 11) is 0. The summed E-state index contributed by atoms with van der Waals surface area (Å²) in [5.74, 6) is -0.938. The summed E-state index contributed by atoms with van der Waals surface area (Å²) in [6.45, 7) is 2.51. The fraction of sp³-hybridized carbons (Fsp3) is 0.889. The second-order valence-electron chi connectivity index (χ2n) is 3.17. The Morgan fingerprint density at radius 1 is 1.47 bits per heavy atom. The van der Waals surface area contributed by atoms with Crippen LogP contribution in [0, 0.1) is 0 Å². The standard InChI is InChI=1S/C9H18FNO4/c1-3-15-9(14)8(10)6(2)11-7(4-12)5-13/h6-8,11-13H,3-5H2,1-2H3. The molecule has 0 aromatic heterocycles. The SMILES string of the molecule is CCOC(=O)C(F)C(C)NC(CO)CO. The number of nitrogens with one attached hydrogen (secondary N) is 1. The van der Waals surface area contributed by atoms with Gasteiger partial charge in [0.05, 0.1) is 25.9 Å². The van der Waals surface area contributed by atoms with Crippen molar-refractivity contribution in [2.45, 2.75) is 32.1 Å². The van der Waals surface area contributed by atoms with E-state index < -0.39 is 24.2 Å². The molecule has 6 heteroatoms. The van der Waals surface area contributed by atoms with Gasteiger partial charge < -0.3 is 20.3 Å². The van der Waals surface area contributed by atoms with Gasteiger partial charge in [0.25, 0.3) is 0 Å². The van der Waals surface area contributed by atoms with Gasteiger partial charge in [-0.15, -0.1) is 0 Å². The number of aliphatic hydroxyl groups is 2. The molecular formula is C9H18FNO4. The number of hydrogen-bond acceptors (Lipinski definition) is 5. The number of carbonyl (C=O) groups is 1. The van der Waals surface area contributed by atoms with E-state index in [1.54, 1.807) is 6.92 Å². The lowest BCUT2D eigenvalue weighted by Crippen LogP contribution is -2.48. The zero-order valence-electron chi connectivity index (χ0n) is 8.94. The third-order valence-corrected chi connectivity index (χ3v) is 1.89. The summed E-state index contributed by atoms with van der Waals surface area (Å²) in [6.07, 6.45) is -1.80. The highest BCUT2D eigenvalue weighted by Gasteiger charge is 2.27. The van der Waals surface area contributed by atoms with Crippen molar-refractivity contribution in [3.63, 3.8) is 0 Å². The minimum Gasteiger partial charge on any atom is -0.464 e. The molecule has 0 saturated heterocycles. The summed E-state index contributed by atoms with van der Waals surface area (Å²) >= 11 is 0. The second kappa shape index (κ2) is 7.56. The Balaban J connectivity index is 4.07. The zero-order chi connectivity index (χ0) is 11.8. The minimum absolute atomic E-state index is 0.120. The molecule has 15 heavy (non-hydrogen) atoms. The Hall–Kier alpha value is -0.720. The van der Waals surface area contributed by atoms with E-state index in [-0.39, 0.29) is 19.8 Å². The predicted molar refractivity (Wildman–Crippen MR) is 52.1 cm³/mol. The van der Waals surface area contributed by atoms with Crippen LogP contribution in [0.2, 0.25) is 0 Å². The lowest BCUT2D eigenvalue weighted by molar-refractivity contribution is -0.150. The summed E-state index contributed by atoms with van der Waals surface area (Å²) in [5, 5.41) is 20.1. The van der Waals surface area contributed by atoms with E-state index in [4.69, 9.17) is 10.2 Å². The fourth-order valence-corrected chi connectivity index (χ4v) is 1.05. The van der Waals surface area contributed by atoms with Crippen molar-refractivity contribution in [2.75, 3.05) is 19.8 Å². The molecule has 2 atom stereocenters. The first-order valence-corrected chi connectivity index (χ1v) is 4.85. The molecule has 0 aliphatic rings. The summed E-state index contributed by atoms with van der Waals surface area (Å²) in [4.78, 5) is 11.0. The monoisotopic (exact) mass is 223 g/mol. The number of rotatable bonds is 7. The van der Waals surface area contributed by atoms with E-state index in [0.717, 1.165) is 0 Å². The van der Waals surface area contributed by atoms with Gasteiger partial charge in [-0.05, 0) is 13.8 Å². The maximum Gasteiger partial charge on any atom is 0.342 e. The number of ether oxygens (including phenoxy) is 1. The molecule has 0 aliphatic carbocycles. The molecule has 90 valence electrons. The van der Waals surface area contributed by atoms with Crippen LogP contribution < -0.4 is 5.32 Å². The maximum absolute atomic E-state index is 13.3. The van der Waals surface area contributed by atoms with E-state index in [0.29, 0.717) is 0 Å². The normalized spacial score (nSPS) is 15.1. The van der Waals surface area contributed by atoms with E-state index in [2.05, 4.69) is 10.1 Å². The molecule has 0 aromatic rings. The van der Waals surface area contributed by atoms with Gasteiger partial charge in [-0.25, -0.2) is 9.18 Å². The average Bonchev–Trinajstić information content (AvgIpc) is 2.24.